The molecule has 0 aliphatic heterocycles. The molecule has 21 heavy (non-hydrogen) atoms. The number of benzene rings is 1. The topological polar surface area (TPSA) is 89.3 Å². The molecule has 0 unspecified atom stereocenters. The maximum absolute atomic E-state index is 13.7. The lowest BCUT2D eigenvalue weighted by Gasteiger charge is -2.05. The summed E-state index contributed by atoms with van der Waals surface area (Å²) < 4.78 is 35.8. The number of sulfonamides is 1. The molecule has 0 aliphatic carbocycles. The highest BCUT2D eigenvalue weighted by Gasteiger charge is 2.12. The molecule has 2 rings (SSSR count). The van der Waals surface area contributed by atoms with E-state index in [0.717, 1.165) is 23.1 Å². The number of halogens is 1. The van der Waals surface area contributed by atoms with Crippen molar-refractivity contribution in [2.45, 2.75) is 4.90 Å². The molecule has 2 aromatic rings. The zero-order chi connectivity index (χ0) is 15.5. The molecule has 3 N–H and O–H groups in total. The molecular weight excluding hydrogens is 315 g/mol. The standard InChI is InChI=1S/C13H11FN2O3S2/c14-11-8-10(21(15,18)19)4-5-12(11)16-13(17)6-3-9-2-1-7-20-9/h1-8H,(H,16,17)(H2,15,18,19)/b6-3+. The van der Waals surface area contributed by atoms with Gasteiger partial charge in [-0.1, -0.05) is 6.07 Å². The number of thiophene rings is 1. The van der Waals surface area contributed by atoms with Crippen LogP contribution in [0.1, 0.15) is 4.88 Å². The Balaban J connectivity index is 2.11. The average Bonchev–Trinajstić information content (AvgIpc) is 2.91. The fourth-order valence-electron chi connectivity index (χ4n) is 1.49. The summed E-state index contributed by atoms with van der Waals surface area (Å²) in [7, 11) is -3.98. The lowest BCUT2D eigenvalue weighted by atomic mass is 10.3. The minimum atomic E-state index is -3.98. The van der Waals surface area contributed by atoms with Crippen LogP contribution in [0.5, 0.6) is 0 Å². The number of nitrogens with two attached hydrogens (primary N) is 1. The van der Waals surface area contributed by atoms with E-state index >= 15 is 0 Å². The van der Waals surface area contributed by atoms with E-state index in [9.17, 15) is 17.6 Å². The van der Waals surface area contributed by atoms with Crippen LogP contribution in [0.25, 0.3) is 6.08 Å². The van der Waals surface area contributed by atoms with Gasteiger partial charge < -0.3 is 5.32 Å². The van der Waals surface area contributed by atoms with Crippen molar-refractivity contribution in [3.63, 3.8) is 0 Å². The first-order valence-corrected chi connectivity index (χ1v) is 8.14. The van der Waals surface area contributed by atoms with Gasteiger partial charge in [-0.2, -0.15) is 0 Å². The largest absolute Gasteiger partial charge is 0.320 e. The van der Waals surface area contributed by atoms with Crippen molar-refractivity contribution >= 4 is 39.0 Å². The Morgan fingerprint density at radius 3 is 2.67 bits per heavy atom. The number of amides is 1. The SMILES string of the molecule is NS(=O)(=O)c1ccc(NC(=O)/C=C/c2cccs2)c(F)c1. The Kier molecular flexibility index (Phi) is 4.51. The van der Waals surface area contributed by atoms with Gasteiger partial charge in [-0.25, -0.2) is 17.9 Å². The number of nitrogens with one attached hydrogen (secondary N) is 1. The predicted octanol–water partition coefficient (Wildman–Crippen LogP) is 2.19. The van der Waals surface area contributed by atoms with Gasteiger partial charge in [-0.15, -0.1) is 11.3 Å². The third-order valence-corrected chi connectivity index (χ3v) is 4.22. The summed E-state index contributed by atoms with van der Waals surface area (Å²) >= 11 is 1.46. The number of primary sulfonamides is 1. The fraction of sp³-hybridized carbons (Fsp3) is 0. The van der Waals surface area contributed by atoms with Crippen LogP contribution in [-0.4, -0.2) is 14.3 Å². The van der Waals surface area contributed by atoms with Crippen molar-refractivity contribution in [3.8, 4) is 0 Å². The van der Waals surface area contributed by atoms with Crippen LogP contribution in [0.15, 0.2) is 46.7 Å². The van der Waals surface area contributed by atoms with Gasteiger partial charge >= 0.3 is 0 Å². The third kappa shape index (κ3) is 4.22. The molecule has 0 spiro atoms. The molecule has 0 aliphatic rings. The molecule has 110 valence electrons. The zero-order valence-corrected chi connectivity index (χ0v) is 12.2. The Bertz CT molecular complexity index is 784. The molecule has 8 heteroatoms. The number of hydrogen-bond donors (Lipinski definition) is 2. The second-order valence-corrected chi connectivity index (χ2v) is 6.57. The summed E-state index contributed by atoms with van der Waals surface area (Å²) in [4.78, 5) is 12.2. The van der Waals surface area contributed by atoms with E-state index in [2.05, 4.69) is 5.32 Å². The molecule has 0 saturated carbocycles. The second-order valence-electron chi connectivity index (χ2n) is 4.02. The molecule has 0 radical (unpaired) electrons. The molecular formula is C13H11FN2O3S2. The van der Waals surface area contributed by atoms with E-state index in [4.69, 9.17) is 5.14 Å². The van der Waals surface area contributed by atoms with Crippen molar-refractivity contribution in [1.29, 1.82) is 0 Å². The van der Waals surface area contributed by atoms with Crippen LogP contribution in [0.2, 0.25) is 0 Å². The van der Waals surface area contributed by atoms with Crippen LogP contribution in [-0.2, 0) is 14.8 Å². The van der Waals surface area contributed by atoms with Gasteiger partial charge in [0.15, 0.2) is 0 Å². The number of carbonyl (C=O) groups is 1. The Morgan fingerprint density at radius 2 is 2.10 bits per heavy atom. The fourth-order valence-corrected chi connectivity index (χ4v) is 2.64. The van der Waals surface area contributed by atoms with Gasteiger partial charge in [0.05, 0.1) is 10.6 Å². The molecule has 1 aromatic heterocycles. The van der Waals surface area contributed by atoms with E-state index < -0.39 is 21.7 Å². The van der Waals surface area contributed by atoms with Crippen LogP contribution >= 0.6 is 11.3 Å². The predicted molar refractivity (Wildman–Crippen MR) is 79.8 cm³/mol. The average molecular weight is 326 g/mol. The molecule has 0 atom stereocenters. The number of anilines is 1. The summed E-state index contributed by atoms with van der Waals surface area (Å²) in [6, 6.07) is 6.70. The number of hydrogen-bond acceptors (Lipinski definition) is 4. The Morgan fingerprint density at radius 1 is 1.33 bits per heavy atom. The summed E-state index contributed by atoms with van der Waals surface area (Å²) in [5.74, 6) is -1.40. The van der Waals surface area contributed by atoms with Crippen LogP contribution in [0.4, 0.5) is 10.1 Å². The first kappa shape index (κ1) is 15.4. The third-order valence-electron chi connectivity index (χ3n) is 2.47. The van der Waals surface area contributed by atoms with Crippen molar-refractivity contribution in [2.24, 2.45) is 5.14 Å². The van der Waals surface area contributed by atoms with Gasteiger partial charge in [0.1, 0.15) is 5.82 Å². The first-order chi connectivity index (χ1) is 9.86. The molecule has 1 aromatic carbocycles. The first-order valence-electron chi connectivity index (χ1n) is 5.71. The summed E-state index contributed by atoms with van der Waals surface area (Å²) in [5.41, 5.74) is -0.122. The van der Waals surface area contributed by atoms with Gasteiger partial charge in [-0.3, -0.25) is 4.79 Å². The highest BCUT2D eigenvalue weighted by Crippen LogP contribution is 2.18. The van der Waals surface area contributed by atoms with E-state index in [1.54, 1.807) is 6.08 Å². The normalized spacial score (nSPS) is 11.7. The summed E-state index contributed by atoms with van der Waals surface area (Å²) in [6.45, 7) is 0. The van der Waals surface area contributed by atoms with E-state index in [-0.39, 0.29) is 10.6 Å². The maximum Gasteiger partial charge on any atom is 0.248 e. The minimum Gasteiger partial charge on any atom is -0.320 e. The van der Waals surface area contributed by atoms with Gasteiger partial charge in [0.2, 0.25) is 15.9 Å². The van der Waals surface area contributed by atoms with Crippen molar-refractivity contribution in [1.82, 2.24) is 0 Å². The summed E-state index contributed by atoms with van der Waals surface area (Å²) in [6.07, 6.45) is 2.86. The van der Waals surface area contributed by atoms with Crippen LogP contribution in [0.3, 0.4) is 0 Å². The van der Waals surface area contributed by atoms with Crippen LogP contribution < -0.4 is 10.5 Å². The van der Waals surface area contributed by atoms with Crippen molar-refractivity contribution < 1.29 is 17.6 Å². The van der Waals surface area contributed by atoms with Crippen molar-refractivity contribution in [2.75, 3.05) is 5.32 Å². The Hall–Kier alpha value is -2.03. The minimum absolute atomic E-state index is 0.122. The molecule has 0 saturated heterocycles. The number of rotatable bonds is 4. The van der Waals surface area contributed by atoms with Gasteiger partial charge in [0.25, 0.3) is 0 Å². The molecule has 0 bridgehead atoms. The molecule has 1 amide bonds. The van der Waals surface area contributed by atoms with Gasteiger partial charge in [0, 0.05) is 11.0 Å². The van der Waals surface area contributed by atoms with E-state index in [0.29, 0.717) is 0 Å². The monoisotopic (exact) mass is 326 g/mol. The Labute approximate surface area is 125 Å². The van der Waals surface area contributed by atoms with E-state index in [1.807, 2.05) is 17.5 Å². The lowest BCUT2D eigenvalue weighted by molar-refractivity contribution is -0.111. The second kappa shape index (κ2) is 6.17. The highest BCUT2D eigenvalue weighted by molar-refractivity contribution is 7.89. The maximum atomic E-state index is 13.7. The zero-order valence-electron chi connectivity index (χ0n) is 10.6. The van der Waals surface area contributed by atoms with Crippen molar-refractivity contribution in [3.05, 3.63) is 52.5 Å². The smallest absolute Gasteiger partial charge is 0.248 e. The quantitative estimate of drug-likeness (QED) is 0.844. The van der Waals surface area contributed by atoms with Gasteiger partial charge in [-0.05, 0) is 35.7 Å². The molecule has 1 heterocycles. The summed E-state index contributed by atoms with van der Waals surface area (Å²) in [5, 5.41) is 9.07. The highest BCUT2D eigenvalue weighted by atomic mass is 32.2. The van der Waals surface area contributed by atoms with Crippen LogP contribution in [0, 0.1) is 5.82 Å². The molecule has 0 fully saturated rings. The number of carbonyl (C=O) groups excluding carboxylic acids is 1. The molecule has 5 nitrogen and oxygen atoms in total. The lowest BCUT2D eigenvalue weighted by Crippen LogP contribution is -2.14. The van der Waals surface area contributed by atoms with E-state index in [1.165, 1.54) is 17.4 Å².